The smallest absolute Gasteiger partial charge is 0.299 e. The van der Waals surface area contributed by atoms with Crippen LogP contribution in [0.2, 0.25) is 5.02 Å². The lowest BCUT2D eigenvalue weighted by Crippen LogP contribution is -2.32. The topological polar surface area (TPSA) is 46.6 Å². The van der Waals surface area contributed by atoms with Crippen molar-refractivity contribution in [1.82, 2.24) is 0 Å². The Morgan fingerprint density at radius 1 is 1.26 bits per heavy atom. The fourth-order valence-electron chi connectivity index (χ4n) is 1.99. The van der Waals surface area contributed by atoms with Crippen LogP contribution in [0.25, 0.3) is 0 Å². The minimum atomic E-state index is -0.503. The van der Waals surface area contributed by atoms with Crippen LogP contribution in [-0.4, -0.2) is 31.4 Å². The molecule has 4 nitrogen and oxygen atoms in total. The highest BCUT2D eigenvalue weighted by molar-refractivity contribution is 6.52. The summed E-state index contributed by atoms with van der Waals surface area (Å²) in [5, 5.41) is 0.512. The minimum Gasteiger partial charge on any atom is -0.380 e. The molecule has 0 radical (unpaired) electrons. The fraction of sp³-hybridized carbons (Fsp3) is 0.429. The van der Waals surface area contributed by atoms with E-state index in [2.05, 4.69) is 6.92 Å². The van der Waals surface area contributed by atoms with Crippen LogP contribution in [0.5, 0.6) is 0 Å². The Morgan fingerprint density at radius 2 is 2.05 bits per heavy atom. The second-order valence-corrected chi connectivity index (χ2v) is 4.85. The molecule has 0 saturated heterocycles. The second-order valence-electron chi connectivity index (χ2n) is 4.41. The first-order valence-electron chi connectivity index (χ1n) is 6.38. The maximum atomic E-state index is 11.9. The number of Topliss-reactive ketones (excluding diaryl/α,β-unsaturated/α-hetero) is 1. The van der Waals surface area contributed by atoms with E-state index < -0.39 is 11.7 Å². The van der Waals surface area contributed by atoms with E-state index in [0.29, 0.717) is 36.0 Å². The van der Waals surface area contributed by atoms with E-state index in [0.717, 1.165) is 12.8 Å². The van der Waals surface area contributed by atoms with Crippen LogP contribution < -0.4 is 4.90 Å². The van der Waals surface area contributed by atoms with Gasteiger partial charge in [-0.05, 0) is 24.6 Å². The Hall–Kier alpha value is -1.39. The molecule has 0 N–H and O–H groups in total. The van der Waals surface area contributed by atoms with E-state index in [-0.39, 0.29) is 0 Å². The van der Waals surface area contributed by atoms with Gasteiger partial charge in [0.05, 0.1) is 17.9 Å². The zero-order valence-corrected chi connectivity index (χ0v) is 11.6. The molecule has 0 aromatic heterocycles. The average Bonchev–Trinajstić information content (AvgIpc) is 2.63. The summed E-state index contributed by atoms with van der Waals surface area (Å²) < 4.78 is 5.43. The lowest BCUT2D eigenvalue weighted by molar-refractivity contribution is -0.114. The molecule has 1 aromatic carbocycles. The minimum absolute atomic E-state index is 0.377. The van der Waals surface area contributed by atoms with Crippen molar-refractivity contribution in [2.45, 2.75) is 19.8 Å². The molecular formula is C14H16ClNO3. The van der Waals surface area contributed by atoms with E-state index >= 15 is 0 Å². The number of hydrogen-bond acceptors (Lipinski definition) is 3. The summed E-state index contributed by atoms with van der Waals surface area (Å²) in [6.45, 7) is 3.56. The van der Waals surface area contributed by atoms with Crippen molar-refractivity contribution < 1.29 is 14.3 Å². The third kappa shape index (κ3) is 2.96. The van der Waals surface area contributed by atoms with Gasteiger partial charge in [-0.25, -0.2) is 0 Å². The van der Waals surface area contributed by atoms with E-state index in [9.17, 15) is 9.59 Å². The molecule has 0 aliphatic carbocycles. The highest BCUT2D eigenvalue weighted by Gasteiger charge is 2.35. The number of carbonyl (C=O) groups is 2. The molecule has 2 rings (SSSR count). The highest BCUT2D eigenvalue weighted by Crippen LogP contribution is 2.31. The van der Waals surface area contributed by atoms with E-state index in [1.807, 2.05) is 0 Å². The molecular weight excluding hydrogens is 266 g/mol. The molecule has 1 aromatic rings. The summed E-state index contributed by atoms with van der Waals surface area (Å²) in [6, 6.07) is 4.86. The molecule has 0 unspecified atom stereocenters. The normalized spacial score (nSPS) is 14.1. The maximum Gasteiger partial charge on any atom is 0.299 e. The average molecular weight is 282 g/mol. The molecule has 0 atom stereocenters. The molecule has 5 heteroatoms. The van der Waals surface area contributed by atoms with E-state index in [1.54, 1.807) is 18.2 Å². The second kappa shape index (κ2) is 6.17. The lowest BCUT2D eigenvalue weighted by Gasteiger charge is -2.16. The quantitative estimate of drug-likeness (QED) is 0.595. The molecule has 0 saturated carbocycles. The van der Waals surface area contributed by atoms with Crippen molar-refractivity contribution in [3.05, 3.63) is 28.8 Å². The van der Waals surface area contributed by atoms with Gasteiger partial charge >= 0.3 is 0 Å². The van der Waals surface area contributed by atoms with E-state index in [1.165, 1.54) is 4.90 Å². The van der Waals surface area contributed by atoms with Crippen LogP contribution in [0.1, 0.15) is 30.1 Å². The molecule has 19 heavy (non-hydrogen) atoms. The van der Waals surface area contributed by atoms with Crippen molar-refractivity contribution in [3.63, 3.8) is 0 Å². The molecule has 102 valence electrons. The molecule has 1 heterocycles. The zero-order valence-electron chi connectivity index (χ0n) is 10.8. The molecule has 1 aliphatic rings. The predicted octanol–water partition coefficient (Wildman–Crippen LogP) is 2.69. The standard InChI is InChI=1S/C14H16ClNO3/c1-2-3-7-19-8-6-16-12-9-10(15)4-5-11(12)13(17)14(16)18/h4-5,9H,2-3,6-8H2,1H3. The van der Waals surface area contributed by atoms with Gasteiger partial charge in [0.25, 0.3) is 11.7 Å². The number of amides is 1. The predicted molar refractivity (Wildman–Crippen MR) is 73.9 cm³/mol. The van der Waals surface area contributed by atoms with Crippen molar-refractivity contribution >= 4 is 29.0 Å². The van der Waals surface area contributed by atoms with Gasteiger partial charge in [0, 0.05) is 18.2 Å². The van der Waals surface area contributed by atoms with E-state index in [4.69, 9.17) is 16.3 Å². The fourth-order valence-corrected chi connectivity index (χ4v) is 2.16. The first kappa shape index (κ1) is 14.0. The Morgan fingerprint density at radius 3 is 2.79 bits per heavy atom. The van der Waals surface area contributed by atoms with Crippen molar-refractivity contribution in [3.8, 4) is 0 Å². The number of rotatable bonds is 6. The Kier molecular flexibility index (Phi) is 4.56. The van der Waals surface area contributed by atoms with Crippen molar-refractivity contribution in [1.29, 1.82) is 0 Å². The van der Waals surface area contributed by atoms with Gasteiger partial charge in [0.1, 0.15) is 0 Å². The number of halogens is 1. The number of nitrogens with zero attached hydrogens (tertiary/aromatic N) is 1. The SMILES string of the molecule is CCCCOCCN1C(=O)C(=O)c2ccc(Cl)cc21. The van der Waals surface area contributed by atoms with Crippen LogP contribution in [0.4, 0.5) is 5.69 Å². The van der Waals surface area contributed by atoms with Crippen LogP contribution in [0, 0.1) is 0 Å². The van der Waals surface area contributed by atoms with Gasteiger partial charge in [-0.2, -0.15) is 0 Å². The third-order valence-electron chi connectivity index (χ3n) is 3.04. The molecule has 1 aliphatic heterocycles. The number of hydrogen-bond donors (Lipinski definition) is 0. The van der Waals surface area contributed by atoms with Gasteiger partial charge in [-0.3, -0.25) is 9.59 Å². The zero-order chi connectivity index (χ0) is 13.8. The maximum absolute atomic E-state index is 11.9. The summed E-state index contributed by atoms with van der Waals surface area (Å²) in [5.74, 6) is -0.975. The van der Waals surface area contributed by atoms with Gasteiger partial charge in [0.15, 0.2) is 0 Å². The van der Waals surface area contributed by atoms with Crippen LogP contribution in [0.15, 0.2) is 18.2 Å². The Balaban J connectivity index is 2.04. The molecule has 1 amide bonds. The Bertz CT molecular complexity index is 501. The Labute approximate surface area is 117 Å². The number of ketones is 1. The third-order valence-corrected chi connectivity index (χ3v) is 3.27. The van der Waals surface area contributed by atoms with Crippen LogP contribution in [0.3, 0.4) is 0 Å². The number of fused-ring (bicyclic) bond motifs is 1. The van der Waals surface area contributed by atoms with Crippen molar-refractivity contribution in [2.75, 3.05) is 24.7 Å². The monoisotopic (exact) mass is 281 g/mol. The molecule has 0 spiro atoms. The summed E-state index contributed by atoms with van der Waals surface area (Å²) >= 11 is 5.91. The first-order chi connectivity index (χ1) is 9.15. The van der Waals surface area contributed by atoms with Crippen LogP contribution >= 0.6 is 11.6 Å². The van der Waals surface area contributed by atoms with Gasteiger partial charge < -0.3 is 9.64 Å². The number of unbranched alkanes of at least 4 members (excludes halogenated alkanes) is 1. The molecule has 0 fully saturated rings. The summed E-state index contributed by atoms with van der Waals surface area (Å²) in [4.78, 5) is 25.1. The summed E-state index contributed by atoms with van der Waals surface area (Å²) in [5.41, 5.74) is 1.00. The van der Waals surface area contributed by atoms with Gasteiger partial charge in [-0.1, -0.05) is 24.9 Å². The number of benzene rings is 1. The number of anilines is 1. The highest BCUT2D eigenvalue weighted by atomic mass is 35.5. The summed E-state index contributed by atoms with van der Waals surface area (Å²) in [6.07, 6.45) is 2.06. The lowest BCUT2D eigenvalue weighted by atomic mass is 10.1. The number of ether oxygens (including phenoxy) is 1. The first-order valence-corrected chi connectivity index (χ1v) is 6.76. The van der Waals surface area contributed by atoms with Gasteiger partial charge in [-0.15, -0.1) is 0 Å². The van der Waals surface area contributed by atoms with Crippen molar-refractivity contribution in [2.24, 2.45) is 0 Å². The molecule has 0 bridgehead atoms. The van der Waals surface area contributed by atoms with Gasteiger partial charge in [0.2, 0.25) is 0 Å². The number of carbonyl (C=O) groups excluding carboxylic acids is 2. The largest absolute Gasteiger partial charge is 0.380 e. The summed E-state index contributed by atoms with van der Waals surface area (Å²) in [7, 11) is 0. The van der Waals surface area contributed by atoms with Crippen LogP contribution in [-0.2, 0) is 9.53 Å².